The fraction of sp³-hybridized carbons (Fsp3) is 0.609. The van der Waals surface area contributed by atoms with Crippen LogP contribution in [0.4, 0.5) is 22.1 Å². The van der Waals surface area contributed by atoms with E-state index >= 15 is 0 Å². The predicted octanol–water partition coefficient (Wildman–Crippen LogP) is 3.85. The summed E-state index contributed by atoms with van der Waals surface area (Å²) in [5, 5.41) is 17.2. The number of carbonyl (C=O) groups excluding carboxylic acids is 1. The van der Waals surface area contributed by atoms with Crippen LogP contribution in [0.5, 0.6) is 0 Å². The lowest BCUT2D eigenvalue weighted by Crippen LogP contribution is -2.42. The van der Waals surface area contributed by atoms with Crippen molar-refractivity contribution in [3.8, 4) is 6.07 Å². The maximum atomic E-state index is 12.3. The van der Waals surface area contributed by atoms with E-state index < -0.39 is 5.60 Å². The van der Waals surface area contributed by atoms with E-state index in [9.17, 15) is 10.1 Å². The molecule has 0 unspecified atom stereocenters. The Bertz CT molecular complexity index is 1010. The fourth-order valence-electron chi connectivity index (χ4n) is 4.20. The summed E-state index contributed by atoms with van der Waals surface area (Å²) >= 11 is 0. The van der Waals surface area contributed by atoms with Crippen LogP contribution in [0.2, 0.25) is 0 Å². The van der Waals surface area contributed by atoms with Crippen molar-refractivity contribution in [2.24, 2.45) is 0 Å². The third-order valence-electron chi connectivity index (χ3n) is 5.90. The van der Waals surface area contributed by atoms with Crippen LogP contribution < -0.4 is 10.2 Å². The number of nitriles is 1. The Kier molecular flexibility index (Phi) is 6.67. The van der Waals surface area contributed by atoms with Crippen LogP contribution in [0.15, 0.2) is 18.6 Å². The second kappa shape index (κ2) is 9.65. The van der Waals surface area contributed by atoms with Gasteiger partial charge in [-0.3, -0.25) is 4.68 Å². The Hall–Kier alpha value is -3.35. The van der Waals surface area contributed by atoms with Gasteiger partial charge in [-0.05, 0) is 52.9 Å². The summed E-state index contributed by atoms with van der Waals surface area (Å²) in [4.78, 5) is 25.3. The molecule has 2 fully saturated rings. The largest absolute Gasteiger partial charge is 0.444 e. The molecule has 33 heavy (non-hydrogen) atoms. The van der Waals surface area contributed by atoms with Gasteiger partial charge < -0.3 is 19.9 Å². The van der Waals surface area contributed by atoms with Crippen LogP contribution in [-0.2, 0) is 4.74 Å². The van der Waals surface area contributed by atoms with Crippen molar-refractivity contribution in [3.63, 3.8) is 0 Å². The normalized spacial score (nSPS) is 17.5. The summed E-state index contributed by atoms with van der Waals surface area (Å²) in [5.41, 5.74) is 0.521. The second-order valence-corrected chi connectivity index (χ2v) is 9.62. The molecule has 0 spiro atoms. The van der Waals surface area contributed by atoms with Gasteiger partial charge in [-0.1, -0.05) is 0 Å². The van der Waals surface area contributed by atoms with E-state index in [4.69, 9.17) is 4.74 Å². The van der Waals surface area contributed by atoms with Gasteiger partial charge in [-0.15, -0.1) is 0 Å². The van der Waals surface area contributed by atoms with Crippen LogP contribution in [-0.4, -0.2) is 62.5 Å². The molecule has 1 amide bonds. The minimum Gasteiger partial charge on any atom is -0.444 e. The Labute approximate surface area is 194 Å². The predicted molar refractivity (Wildman–Crippen MR) is 124 cm³/mol. The SMILES string of the molecule is CC(C)(C)OC(=O)N1CCC(n2cc(Nc3nc(N4CCCCC4)cnc3C#N)cn2)CC1. The minimum atomic E-state index is -0.493. The molecule has 1 N–H and O–H groups in total. The summed E-state index contributed by atoms with van der Waals surface area (Å²) in [5.74, 6) is 1.23. The number of carbonyl (C=O) groups is 1. The first-order chi connectivity index (χ1) is 15.8. The highest BCUT2D eigenvalue weighted by Gasteiger charge is 2.28. The molecule has 4 heterocycles. The minimum absolute atomic E-state index is 0.195. The van der Waals surface area contributed by atoms with Crippen LogP contribution in [0.3, 0.4) is 0 Å². The van der Waals surface area contributed by atoms with E-state index in [-0.39, 0.29) is 17.8 Å². The van der Waals surface area contributed by atoms with Crippen molar-refractivity contribution in [2.75, 3.05) is 36.4 Å². The van der Waals surface area contributed by atoms with Gasteiger partial charge in [0, 0.05) is 32.4 Å². The molecule has 2 aliphatic rings. The number of hydrogen-bond acceptors (Lipinski definition) is 8. The van der Waals surface area contributed by atoms with Crippen molar-refractivity contribution in [2.45, 2.75) is 64.5 Å². The topological polar surface area (TPSA) is 112 Å². The average molecular weight is 453 g/mol. The highest BCUT2D eigenvalue weighted by Crippen LogP contribution is 2.26. The lowest BCUT2D eigenvalue weighted by atomic mass is 10.1. The number of anilines is 3. The smallest absolute Gasteiger partial charge is 0.410 e. The van der Waals surface area contributed by atoms with Crippen molar-refractivity contribution in [1.29, 1.82) is 5.26 Å². The van der Waals surface area contributed by atoms with Crippen molar-refractivity contribution in [3.05, 3.63) is 24.3 Å². The number of nitrogens with one attached hydrogen (secondary N) is 1. The van der Waals surface area contributed by atoms with E-state index in [0.29, 0.717) is 18.9 Å². The molecule has 4 rings (SSSR count). The maximum Gasteiger partial charge on any atom is 0.410 e. The number of nitrogens with zero attached hydrogens (tertiary/aromatic N) is 7. The van der Waals surface area contributed by atoms with E-state index in [2.05, 4.69) is 31.4 Å². The molecule has 2 aliphatic heterocycles. The molecule has 0 aromatic carbocycles. The van der Waals surface area contributed by atoms with Gasteiger partial charge in [0.2, 0.25) is 0 Å². The van der Waals surface area contributed by atoms with Crippen LogP contribution in [0.25, 0.3) is 0 Å². The molecule has 2 aromatic rings. The molecule has 0 atom stereocenters. The first kappa shape index (κ1) is 22.8. The van der Waals surface area contributed by atoms with Crippen molar-refractivity contribution in [1.82, 2.24) is 24.6 Å². The van der Waals surface area contributed by atoms with Gasteiger partial charge >= 0.3 is 6.09 Å². The number of piperidine rings is 2. The molecule has 0 saturated carbocycles. The lowest BCUT2D eigenvalue weighted by Gasteiger charge is -2.33. The molecule has 2 saturated heterocycles. The zero-order valence-electron chi connectivity index (χ0n) is 19.6. The highest BCUT2D eigenvalue weighted by molar-refractivity contribution is 5.68. The Morgan fingerprint density at radius 3 is 2.55 bits per heavy atom. The summed E-state index contributed by atoms with van der Waals surface area (Å²) in [7, 11) is 0. The van der Waals surface area contributed by atoms with Gasteiger partial charge in [0.1, 0.15) is 17.5 Å². The number of amides is 1. The van der Waals surface area contributed by atoms with E-state index in [1.807, 2.05) is 31.6 Å². The quantitative estimate of drug-likeness (QED) is 0.744. The number of likely N-dealkylation sites (tertiary alicyclic amines) is 1. The Morgan fingerprint density at radius 1 is 1.15 bits per heavy atom. The monoisotopic (exact) mass is 452 g/mol. The summed E-state index contributed by atoms with van der Waals surface area (Å²) < 4.78 is 7.40. The molecular formula is C23H32N8O2. The van der Waals surface area contributed by atoms with Crippen LogP contribution in [0.1, 0.15) is 64.6 Å². The van der Waals surface area contributed by atoms with Crippen molar-refractivity contribution >= 4 is 23.4 Å². The van der Waals surface area contributed by atoms with E-state index in [0.717, 1.165) is 50.3 Å². The highest BCUT2D eigenvalue weighted by atomic mass is 16.6. The third kappa shape index (κ3) is 5.72. The molecule has 176 valence electrons. The Morgan fingerprint density at radius 2 is 1.88 bits per heavy atom. The van der Waals surface area contributed by atoms with Crippen molar-refractivity contribution < 1.29 is 9.53 Å². The molecule has 2 aromatic heterocycles. The number of aromatic nitrogens is 4. The Balaban J connectivity index is 1.39. The van der Waals surface area contributed by atoms with Gasteiger partial charge in [0.05, 0.1) is 24.1 Å². The number of hydrogen-bond donors (Lipinski definition) is 1. The zero-order valence-corrected chi connectivity index (χ0v) is 19.6. The summed E-state index contributed by atoms with van der Waals surface area (Å²) in [6.45, 7) is 8.80. The average Bonchev–Trinajstić information content (AvgIpc) is 3.27. The van der Waals surface area contributed by atoms with Gasteiger partial charge in [-0.2, -0.15) is 10.4 Å². The molecule has 0 aliphatic carbocycles. The summed E-state index contributed by atoms with van der Waals surface area (Å²) in [6, 6.07) is 2.31. The molecule has 0 radical (unpaired) electrons. The maximum absolute atomic E-state index is 12.3. The van der Waals surface area contributed by atoms with Crippen LogP contribution in [0, 0.1) is 11.3 Å². The molecule has 10 nitrogen and oxygen atoms in total. The third-order valence-corrected chi connectivity index (χ3v) is 5.90. The van der Waals surface area contributed by atoms with Gasteiger partial charge in [0.25, 0.3) is 0 Å². The molecule has 0 bridgehead atoms. The standard InChI is InChI=1S/C23H32N8O2/c1-23(2,3)33-22(32)30-11-7-18(8-12-30)31-16-17(14-26-31)27-21-19(13-24)25-15-20(28-21)29-9-5-4-6-10-29/h14-16,18H,4-12H2,1-3H3,(H,27,28). The molecule has 10 heteroatoms. The first-order valence-electron chi connectivity index (χ1n) is 11.6. The van der Waals surface area contributed by atoms with Gasteiger partial charge in [-0.25, -0.2) is 14.8 Å². The van der Waals surface area contributed by atoms with Crippen LogP contribution >= 0.6 is 0 Å². The zero-order chi connectivity index (χ0) is 23.4. The summed E-state index contributed by atoms with van der Waals surface area (Å²) in [6.07, 6.45) is 10.2. The molecular weight excluding hydrogens is 420 g/mol. The first-order valence-corrected chi connectivity index (χ1v) is 11.6. The van der Waals surface area contributed by atoms with Gasteiger partial charge in [0.15, 0.2) is 11.5 Å². The second-order valence-electron chi connectivity index (χ2n) is 9.62. The number of ether oxygens (including phenoxy) is 1. The van der Waals surface area contributed by atoms with E-state index in [1.165, 1.54) is 6.42 Å². The fourth-order valence-corrected chi connectivity index (χ4v) is 4.20. The number of rotatable bonds is 4. The van der Waals surface area contributed by atoms with E-state index in [1.54, 1.807) is 17.3 Å². The lowest BCUT2D eigenvalue weighted by molar-refractivity contribution is 0.0185.